The quantitative estimate of drug-likeness (QED) is 0.636. The zero-order chi connectivity index (χ0) is 19.6. The molecule has 2 heterocycles. The minimum atomic E-state index is -4.79. The molecule has 2 aromatic heterocycles. The van der Waals surface area contributed by atoms with Crippen molar-refractivity contribution in [3.63, 3.8) is 0 Å². The van der Waals surface area contributed by atoms with Gasteiger partial charge in [0, 0.05) is 30.1 Å². The molecule has 0 radical (unpaired) electrons. The fourth-order valence-electron chi connectivity index (χ4n) is 2.58. The van der Waals surface area contributed by atoms with Gasteiger partial charge in [0.25, 0.3) is 0 Å². The molecule has 2 N–H and O–H groups in total. The first-order chi connectivity index (χ1) is 13.5. The smallest absolute Gasteiger partial charge is 0.404 e. The number of alkyl halides is 3. The van der Waals surface area contributed by atoms with Crippen LogP contribution in [0.1, 0.15) is 12.8 Å². The molecule has 0 aliphatic heterocycles. The Bertz CT molecular complexity index is 961. The van der Waals surface area contributed by atoms with E-state index in [4.69, 9.17) is 0 Å². The number of aromatic nitrogens is 3. The molecular formula is C19H16F3N5O. The minimum absolute atomic E-state index is 0.150. The van der Waals surface area contributed by atoms with E-state index in [-0.39, 0.29) is 11.4 Å². The molecule has 0 unspecified atom stereocenters. The van der Waals surface area contributed by atoms with Crippen LogP contribution in [0.15, 0.2) is 54.9 Å². The number of rotatable bonds is 6. The van der Waals surface area contributed by atoms with Crippen LogP contribution < -0.4 is 15.4 Å². The van der Waals surface area contributed by atoms with Crippen LogP contribution in [-0.4, -0.2) is 27.4 Å². The summed E-state index contributed by atoms with van der Waals surface area (Å²) in [6, 6.07) is 11.4. The Balaban J connectivity index is 1.67. The molecule has 1 fully saturated rings. The number of nitrogens with one attached hydrogen (secondary N) is 2. The molecule has 9 heteroatoms. The fraction of sp³-hybridized carbons (Fsp3) is 0.211. The lowest BCUT2D eigenvalue weighted by Crippen LogP contribution is -2.18. The molecule has 28 heavy (non-hydrogen) atoms. The molecule has 0 saturated heterocycles. The highest BCUT2D eigenvalue weighted by molar-refractivity contribution is 5.69. The van der Waals surface area contributed by atoms with Crippen LogP contribution in [0.3, 0.4) is 0 Å². The maximum absolute atomic E-state index is 12.7. The molecule has 144 valence electrons. The van der Waals surface area contributed by atoms with Crippen LogP contribution in [0.4, 0.5) is 30.6 Å². The van der Waals surface area contributed by atoms with Crippen molar-refractivity contribution in [1.29, 1.82) is 0 Å². The van der Waals surface area contributed by atoms with Gasteiger partial charge in [-0.05, 0) is 37.1 Å². The van der Waals surface area contributed by atoms with Gasteiger partial charge < -0.3 is 15.4 Å². The van der Waals surface area contributed by atoms with Crippen LogP contribution in [0.5, 0.6) is 5.75 Å². The van der Waals surface area contributed by atoms with Crippen molar-refractivity contribution in [2.45, 2.75) is 25.2 Å². The van der Waals surface area contributed by atoms with Crippen LogP contribution in [0, 0.1) is 0 Å². The summed E-state index contributed by atoms with van der Waals surface area (Å²) >= 11 is 0. The highest BCUT2D eigenvalue weighted by Crippen LogP contribution is 2.33. The number of benzene rings is 1. The van der Waals surface area contributed by atoms with Gasteiger partial charge in [0.15, 0.2) is 5.75 Å². The third kappa shape index (κ3) is 4.67. The normalized spacial score (nSPS) is 13.8. The largest absolute Gasteiger partial charge is 0.573 e. The number of hydrogen-bond acceptors (Lipinski definition) is 6. The number of hydrogen-bond donors (Lipinski definition) is 2. The van der Waals surface area contributed by atoms with E-state index in [1.165, 1.54) is 18.2 Å². The predicted octanol–water partition coefficient (Wildman–Crippen LogP) is 4.76. The highest BCUT2D eigenvalue weighted by atomic mass is 19.4. The molecular weight excluding hydrogens is 371 g/mol. The number of nitrogens with zero attached hydrogens (tertiary/aromatic N) is 3. The van der Waals surface area contributed by atoms with Gasteiger partial charge in [-0.3, -0.25) is 4.98 Å². The molecule has 1 aromatic carbocycles. The molecule has 0 spiro atoms. The van der Waals surface area contributed by atoms with Gasteiger partial charge in [-0.2, -0.15) is 4.98 Å². The van der Waals surface area contributed by atoms with Crippen LogP contribution >= 0.6 is 0 Å². The standard InChI is InChI=1S/C19H16F3N5O/c20-19(21,22)28-16-4-2-1-3-14(16)25-17-11-15(12-7-9-23-10-8-12)26-18(27-17)24-13-5-6-13/h1-4,7-11,13H,5-6H2,(H2,24,25,26,27). The summed E-state index contributed by atoms with van der Waals surface area (Å²) < 4.78 is 42.1. The Labute approximate surface area is 158 Å². The number of anilines is 3. The van der Waals surface area contributed by atoms with E-state index in [0.717, 1.165) is 18.4 Å². The number of halogens is 3. The van der Waals surface area contributed by atoms with Gasteiger partial charge in [0.1, 0.15) is 5.82 Å². The maximum atomic E-state index is 12.7. The third-order valence-corrected chi connectivity index (χ3v) is 3.99. The predicted molar refractivity (Wildman–Crippen MR) is 98.3 cm³/mol. The Morgan fingerprint density at radius 1 is 1.00 bits per heavy atom. The molecule has 4 rings (SSSR count). The molecule has 6 nitrogen and oxygen atoms in total. The van der Waals surface area contributed by atoms with E-state index in [9.17, 15) is 13.2 Å². The second kappa shape index (κ2) is 7.34. The van der Waals surface area contributed by atoms with E-state index in [1.54, 1.807) is 36.7 Å². The molecule has 1 saturated carbocycles. The van der Waals surface area contributed by atoms with Crippen molar-refractivity contribution < 1.29 is 17.9 Å². The van der Waals surface area contributed by atoms with Gasteiger partial charge in [-0.15, -0.1) is 13.2 Å². The van der Waals surface area contributed by atoms with Gasteiger partial charge in [0.05, 0.1) is 11.4 Å². The lowest BCUT2D eigenvalue weighted by Gasteiger charge is -2.15. The molecule has 0 atom stereocenters. The first-order valence-electron chi connectivity index (χ1n) is 8.64. The van der Waals surface area contributed by atoms with E-state index < -0.39 is 6.36 Å². The summed E-state index contributed by atoms with van der Waals surface area (Å²) in [7, 11) is 0. The summed E-state index contributed by atoms with van der Waals surface area (Å²) in [4.78, 5) is 12.9. The highest BCUT2D eigenvalue weighted by Gasteiger charge is 2.32. The Morgan fingerprint density at radius 2 is 1.75 bits per heavy atom. The summed E-state index contributed by atoms with van der Waals surface area (Å²) in [6.07, 6.45) is 0.572. The first kappa shape index (κ1) is 18.0. The summed E-state index contributed by atoms with van der Waals surface area (Å²) in [6.45, 7) is 0. The van der Waals surface area contributed by atoms with E-state index >= 15 is 0 Å². The second-order valence-electron chi connectivity index (χ2n) is 6.29. The molecule has 1 aliphatic carbocycles. The number of para-hydroxylation sites is 2. The molecule has 3 aromatic rings. The van der Waals surface area contributed by atoms with Crippen molar-refractivity contribution in [2.24, 2.45) is 0 Å². The Kier molecular flexibility index (Phi) is 4.72. The number of pyridine rings is 1. The van der Waals surface area contributed by atoms with E-state index in [0.29, 0.717) is 23.5 Å². The van der Waals surface area contributed by atoms with Crippen LogP contribution in [-0.2, 0) is 0 Å². The maximum Gasteiger partial charge on any atom is 0.573 e. The van der Waals surface area contributed by atoms with Crippen LogP contribution in [0.25, 0.3) is 11.3 Å². The summed E-state index contributed by atoms with van der Waals surface area (Å²) in [5.41, 5.74) is 1.59. The second-order valence-corrected chi connectivity index (χ2v) is 6.29. The minimum Gasteiger partial charge on any atom is -0.404 e. The lowest BCUT2D eigenvalue weighted by molar-refractivity contribution is -0.274. The van der Waals surface area contributed by atoms with Crippen LogP contribution in [0.2, 0.25) is 0 Å². The Morgan fingerprint density at radius 3 is 2.46 bits per heavy atom. The van der Waals surface area contributed by atoms with E-state index in [1.807, 2.05) is 0 Å². The van der Waals surface area contributed by atoms with E-state index in [2.05, 4.69) is 30.3 Å². The molecule has 1 aliphatic rings. The summed E-state index contributed by atoms with van der Waals surface area (Å²) in [5, 5.41) is 6.12. The monoisotopic (exact) mass is 387 g/mol. The fourth-order valence-corrected chi connectivity index (χ4v) is 2.58. The SMILES string of the molecule is FC(F)(F)Oc1ccccc1Nc1cc(-c2ccncc2)nc(NC2CC2)n1. The molecule has 0 bridgehead atoms. The third-order valence-electron chi connectivity index (χ3n) is 3.99. The average Bonchev–Trinajstić information content (AvgIpc) is 3.47. The zero-order valence-electron chi connectivity index (χ0n) is 14.6. The van der Waals surface area contributed by atoms with Crippen molar-refractivity contribution >= 4 is 17.5 Å². The lowest BCUT2D eigenvalue weighted by atomic mass is 10.2. The van der Waals surface area contributed by atoms with Gasteiger partial charge in [-0.1, -0.05) is 12.1 Å². The zero-order valence-corrected chi connectivity index (χ0v) is 14.6. The van der Waals surface area contributed by atoms with Crippen molar-refractivity contribution in [3.05, 3.63) is 54.9 Å². The van der Waals surface area contributed by atoms with Gasteiger partial charge in [-0.25, -0.2) is 4.98 Å². The van der Waals surface area contributed by atoms with Gasteiger partial charge in [0.2, 0.25) is 5.95 Å². The molecule has 0 amide bonds. The Hall–Kier alpha value is -3.36. The first-order valence-corrected chi connectivity index (χ1v) is 8.64. The summed E-state index contributed by atoms with van der Waals surface area (Å²) in [5.74, 6) is 0.424. The van der Waals surface area contributed by atoms with Crippen molar-refractivity contribution in [1.82, 2.24) is 15.0 Å². The average molecular weight is 387 g/mol. The van der Waals surface area contributed by atoms with Crippen molar-refractivity contribution in [2.75, 3.05) is 10.6 Å². The topological polar surface area (TPSA) is 72.0 Å². The van der Waals surface area contributed by atoms with Gasteiger partial charge >= 0.3 is 6.36 Å². The number of ether oxygens (including phenoxy) is 1. The van der Waals surface area contributed by atoms with Crippen molar-refractivity contribution in [3.8, 4) is 17.0 Å².